The summed E-state index contributed by atoms with van der Waals surface area (Å²) in [5.74, 6) is 0.0239. The SMILES string of the molecule is CNC[C@@H]1OCc2ccccc2-c2c(n(C)c3ccccc23)C(=O)N([C@H](C)CO)C[C@H]1C. The van der Waals surface area contributed by atoms with E-state index in [2.05, 4.69) is 30.4 Å². The molecule has 0 fully saturated rings. The molecule has 6 heteroatoms. The minimum absolute atomic E-state index is 0.0628. The molecule has 1 aromatic heterocycles. The molecule has 2 heterocycles. The van der Waals surface area contributed by atoms with Crippen molar-refractivity contribution in [2.75, 3.05) is 26.7 Å². The lowest BCUT2D eigenvalue weighted by Crippen LogP contribution is -2.47. The molecular weight excluding hydrogens is 402 g/mol. The zero-order valence-corrected chi connectivity index (χ0v) is 19.3. The second-order valence-electron chi connectivity index (χ2n) is 8.83. The van der Waals surface area contributed by atoms with Gasteiger partial charge in [0.15, 0.2) is 0 Å². The molecule has 3 atom stereocenters. The number of carbonyl (C=O) groups is 1. The summed E-state index contributed by atoms with van der Waals surface area (Å²) in [6, 6.07) is 16.0. The predicted molar refractivity (Wildman–Crippen MR) is 128 cm³/mol. The van der Waals surface area contributed by atoms with Crippen LogP contribution in [0.3, 0.4) is 0 Å². The van der Waals surface area contributed by atoms with Crippen LogP contribution in [0.1, 0.15) is 29.9 Å². The molecule has 0 spiro atoms. The summed E-state index contributed by atoms with van der Waals surface area (Å²) in [5, 5.41) is 14.2. The summed E-state index contributed by atoms with van der Waals surface area (Å²) in [5.41, 5.74) is 4.67. The number of para-hydroxylation sites is 1. The number of likely N-dealkylation sites (N-methyl/N-ethyl adjacent to an activating group) is 1. The number of aromatic nitrogens is 1. The molecule has 32 heavy (non-hydrogen) atoms. The highest BCUT2D eigenvalue weighted by molar-refractivity contribution is 6.10. The smallest absolute Gasteiger partial charge is 0.271 e. The van der Waals surface area contributed by atoms with Gasteiger partial charge in [-0.3, -0.25) is 4.79 Å². The molecule has 2 aromatic carbocycles. The summed E-state index contributed by atoms with van der Waals surface area (Å²) in [6.07, 6.45) is -0.0628. The van der Waals surface area contributed by atoms with Crippen molar-refractivity contribution in [2.45, 2.75) is 32.6 Å². The molecule has 170 valence electrons. The first-order valence-electron chi connectivity index (χ1n) is 11.3. The third kappa shape index (κ3) is 3.94. The van der Waals surface area contributed by atoms with Gasteiger partial charge in [-0.15, -0.1) is 0 Å². The number of ether oxygens (including phenoxy) is 1. The Bertz CT molecular complexity index is 1110. The number of aryl methyl sites for hydroxylation is 1. The van der Waals surface area contributed by atoms with E-state index < -0.39 is 0 Å². The van der Waals surface area contributed by atoms with Crippen LogP contribution in [0.4, 0.5) is 0 Å². The first-order valence-corrected chi connectivity index (χ1v) is 11.3. The summed E-state index contributed by atoms with van der Waals surface area (Å²) in [6.45, 7) is 5.58. The van der Waals surface area contributed by atoms with Gasteiger partial charge < -0.3 is 24.6 Å². The Morgan fingerprint density at radius 1 is 1.19 bits per heavy atom. The topological polar surface area (TPSA) is 66.7 Å². The molecular formula is C26H33N3O3. The Kier molecular flexibility index (Phi) is 6.65. The van der Waals surface area contributed by atoms with Crippen LogP contribution in [-0.4, -0.2) is 59.4 Å². The lowest BCUT2D eigenvalue weighted by Gasteiger charge is -2.33. The second-order valence-corrected chi connectivity index (χ2v) is 8.83. The van der Waals surface area contributed by atoms with Crippen molar-refractivity contribution >= 4 is 16.8 Å². The molecule has 0 unspecified atom stereocenters. The van der Waals surface area contributed by atoms with Crippen LogP contribution in [0.5, 0.6) is 0 Å². The van der Waals surface area contributed by atoms with Gasteiger partial charge in [-0.1, -0.05) is 49.4 Å². The molecule has 0 radical (unpaired) electrons. The fraction of sp³-hybridized carbons (Fsp3) is 0.423. The number of hydrogen-bond acceptors (Lipinski definition) is 4. The third-order valence-electron chi connectivity index (χ3n) is 6.63. The minimum Gasteiger partial charge on any atom is -0.394 e. The molecule has 4 rings (SSSR count). The number of fused-ring (bicyclic) bond motifs is 5. The maximum Gasteiger partial charge on any atom is 0.271 e. The maximum atomic E-state index is 14.1. The Balaban J connectivity index is 1.99. The van der Waals surface area contributed by atoms with E-state index in [-0.39, 0.29) is 30.6 Å². The predicted octanol–water partition coefficient (Wildman–Crippen LogP) is 3.42. The number of nitrogens with zero attached hydrogens (tertiary/aromatic N) is 2. The van der Waals surface area contributed by atoms with Crippen molar-refractivity contribution in [3.05, 3.63) is 59.8 Å². The van der Waals surface area contributed by atoms with Crippen molar-refractivity contribution in [3.8, 4) is 11.1 Å². The number of carbonyl (C=O) groups excluding carboxylic acids is 1. The van der Waals surface area contributed by atoms with Crippen molar-refractivity contribution in [2.24, 2.45) is 13.0 Å². The zero-order chi connectivity index (χ0) is 22.8. The molecule has 3 aromatic rings. The lowest BCUT2D eigenvalue weighted by molar-refractivity contribution is -0.00658. The van der Waals surface area contributed by atoms with E-state index in [4.69, 9.17) is 4.74 Å². The standard InChI is InChI=1S/C26H33N3O3/c1-17-14-29(18(2)15-30)26(31)25-24(21-11-7-8-12-22(21)28(25)4)20-10-6-5-9-19(20)16-32-23(17)13-27-3/h5-12,17-18,23,27,30H,13-16H2,1-4H3/t17-,18-,23+/m1/s1. The molecule has 0 saturated heterocycles. The number of hydrogen-bond donors (Lipinski definition) is 2. The van der Waals surface area contributed by atoms with Gasteiger partial charge in [0.2, 0.25) is 0 Å². The van der Waals surface area contributed by atoms with Crippen LogP contribution in [0.15, 0.2) is 48.5 Å². The third-order valence-corrected chi connectivity index (χ3v) is 6.63. The molecule has 1 amide bonds. The van der Waals surface area contributed by atoms with Crippen LogP contribution >= 0.6 is 0 Å². The van der Waals surface area contributed by atoms with Crippen LogP contribution in [-0.2, 0) is 18.4 Å². The van der Waals surface area contributed by atoms with Crippen molar-refractivity contribution in [3.63, 3.8) is 0 Å². The van der Waals surface area contributed by atoms with E-state index in [0.29, 0.717) is 25.4 Å². The monoisotopic (exact) mass is 435 g/mol. The number of aliphatic hydroxyl groups is 1. The van der Waals surface area contributed by atoms with Crippen molar-refractivity contribution in [1.82, 2.24) is 14.8 Å². The molecule has 0 bridgehead atoms. The number of benzene rings is 2. The van der Waals surface area contributed by atoms with E-state index in [0.717, 1.165) is 27.6 Å². The van der Waals surface area contributed by atoms with Gasteiger partial charge in [-0.2, -0.15) is 0 Å². The number of rotatable bonds is 4. The normalized spacial score (nSPS) is 20.5. The number of nitrogens with one attached hydrogen (secondary N) is 1. The van der Waals surface area contributed by atoms with Crippen LogP contribution in [0, 0.1) is 5.92 Å². The van der Waals surface area contributed by atoms with Gasteiger partial charge in [0, 0.05) is 42.5 Å². The highest BCUT2D eigenvalue weighted by atomic mass is 16.5. The second kappa shape index (κ2) is 9.45. The molecule has 0 aliphatic carbocycles. The van der Waals surface area contributed by atoms with Gasteiger partial charge in [0.1, 0.15) is 5.69 Å². The highest BCUT2D eigenvalue weighted by Gasteiger charge is 2.33. The average molecular weight is 436 g/mol. The van der Waals surface area contributed by atoms with Gasteiger partial charge in [-0.25, -0.2) is 0 Å². The molecule has 6 nitrogen and oxygen atoms in total. The molecule has 1 aliphatic rings. The Morgan fingerprint density at radius 2 is 1.91 bits per heavy atom. The molecule has 1 aliphatic heterocycles. The summed E-state index contributed by atoms with van der Waals surface area (Å²) in [7, 11) is 3.86. The fourth-order valence-electron chi connectivity index (χ4n) is 4.75. The van der Waals surface area contributed by atoms with Crippen LogP contribution in [0.2, 0.25) is 0 Å². The van der Waals surface area contributed by atoms with Gasteiger partial charge in [0.25, 0.3) is 5.91 Å². The number of amides is 1. The fourth-order valence-corrected chi connectivity index (χ4v) is 4.75. The van der Waals surface area contributed by atoms with Crippen LogP contribution in [0.25, 0.3) is 22.0 Å². The lowest BCUT2D eigenvalue weighted by atomic mass is 9.96. The van der Waals surface area contributed by atoms with E-state index >= 15 is 0 Å². The first kappa shape index (κ1) is 22.5. The average Bonchev–Trinajstić information content (AvgIpc) is 3.10. The van der Waals surface area contributed by atoms with Crippen molar-refractivity contribution < 1.29 is 14.6 Å². The quantitative estimate of drug-likeness (QED) is 0.659. The van der Waals surface area contributed by atoms with Gasteiger partial charge in [0.05, 0.1) is 25.4 Å². The van der Waals surface area contributed by atoms with Crippen LogP contribution < -0.4 is 5.32 Å². The molecule has 0 saturated carbocycles. The Labute approximate surface area is 189 Å². The van der Waals surface area contributed by atoms with Gasteiger partial charge >= 0.3 is 0 Å². The Hall–Kier alpha value is -2.67. The summed E-state index contributed by atoms with van der Waals surface area (Å²) < 4.78 is 8.41. The number of aliphatic hydroxyl groups excluding tert-OH is 1. The van der Waals surface area contributed by atoms with E-state index in [1.54, 1.807) is 0 Å². The summed E-state index contributed by atoms with van der Waals surface area (Å²) in [4.78, 5) is 15.9. The van der Waals surface area contributed by atoms with E-state index in [1.807, 2.05) is 60.8 Å². The van der Waals surface area contributed by atoms with Crippen molar-refractivity contribution in [1.29, 1.82) is 0 Å². The molecule has 2 N–H and O–H groups in total. The van der Waals surface area contributed by atoms with E-state index in [1.165, 1.54) is 0 Å². The highest BCUT2D eigenvalue weighted by Crippen LogP contribution is 2.38. The van der Waals surface area contributed by atoms with Gasteiger partial charge in [-0.05, 0) is 31.2 Å². The zero-order valence-electron chi connectivity index (χ0n) is 19.3. The minimum atomic E-state index is -0.304. The van der Waals surface area contributed by atoms with E-state index in [9.17, 15) is 9.90 Å². The maximum absolute atomic E-state index is 14.1. The largest absolute Gasteiger partial charge is 0.394 e. The summed E-state index contributed by atoms with van der Waals surface area (Å²) >= 11 is 0. The Morgan fingerprint density at radius 3 is 2.66 bits per heavy atom. The first-order chi connectivity index (χ1) is 15.5.